The summed E-state index contributed by atoms with van der Waals surface area (Å²) < 4.78 is 30.0. The smallest absolute Gasteiger partial charge is 0.268 e. The van der Waals surface area contributed by atoms with Crippen LogP contribution in [0.3, 0.4) is 0 Å². The molecule has 192 valence electrons. The van der Waals surface area contributed by atoms with Crippen LogP contribution in [0.1, 0.15) is 30.9 Å². The minimum atomic E-state index is -3.88. The van der Waals surface area contributed by atoms with Gasteiger partial charge in [0.1, 0.15) is 0 Å². The molecule has 37 heavy (non-hydrogen) atoms. The summed E-state index contributed by atoms with van der Waals surface area (Å²) in [5.41, 5.74) is 4.08. The van der Waals surface area contributed by atoms with Gasteiger partial charge in [0.05, 0.1) is 22.3 Å². The fourth-order valence-electron chi connectivity index (χ4n) is 4.85. The molecule has 5 rings (SSSR count). The van der Waals surface area contributed by atoms with E-state index in [4.69, 9.17) is 5.10 Å². The fourth-order valence-corrected chi connectivity index (χ4v) is 6.40. The molecule has 0 amide bonds. The molecule has 0 aliphatic carbocycles. The Balaban J connectivity index is 1.67. The van der Waals surface area contributed by atoms with Gasteiger partial charge in [0.15, 0.2) is 0 Å². The van der Waals surface area contributed by atoms with E-state index in [1.165, 1.54) is 3.97 Å². The van der Waals surface area contributed by atoms with E-state index in [2.05, 4.69) is 23.9 Å². The van der Waals surface area contributed by atoms with Gasteiger partial charge < -0.3 is 4.90 Å². The number of likely N-dealkylation sites (N-methyl/N-ethyl adjacent to an activating group) is 1. The largest absolute Gasteiger partial charge is 0.303 e. The van der Waals surface area contributed by atoms with Crippen molar-refractivity contribution in [2.24, 2.45) is 5.10 Å². The SMILES string of the molecule is CCCCc1ccc(S(=O)(=O)n2c(-c3ccccc3)c(/C=N/N3CCN(C)CC3)c3ccccc32)cc1. The van der Waals surface area contributed by atoms with Crippen LogP contribution in [0.5, 0.6) is 0 Å². The number of rotatable bonds is 8. The lowest BCUT2D eigenvalue weighted by Gasteiger charge is -2.30. The third kappa shape index (κ3) is 5.20. The third-order valence-electron chi connectivity index (χ3n) is 7.03. The van der Waals surface area contributed by atoms with E-state index in [0.717, 1.165) is 67.5 Å². The van der Waals surface area contributed by atoms with Gasteiger partial charge in [-0.2, -0.15) is 5.10 Å². The van der Waals surface area contributed by atoms with Crippen molar-refractivity contribution in [2.45, 2.75) is 31.1 Å². The average molecular weight is 515 g/mol. The maximum atomic E-state index is 14.2. The van der Waals surface area contributed by atoms with Gasteiger partial charge in [0, 0.05) is 37.1 Å². The molecule has 1 aromatic heterocycles. The highest BCUT2D eigenvalue weighted by molar-refractivity contribution is 7.90. The predicted molar refractivity (Wildman–Crippen MR) is 152 cm³/mol. The Hall–Kier alpha value is -3.42. The van der Waals surface area contributed by atoms with Gasteiger partial charge >= 0.3 is 0 Å². The van der Waals surface area contributed by atoms with Crippen molar-refractivity contribution in [1.82, 2.24) is 13.9 Å². The van der Waals surface area contributed by atoms with E-state index in [9.17, 15) is 8.42 Å². The lowest BCUT2D eigenvalue weighted by atomic mass is 10.1. The minimum Gasteiger partial charge on any atom is -0.303 e. The zero-order valence-electron chi connectivity index (χ0n) is 21.5. The van der Waals surface area contributed by atoms with Gasteiger partial charge in [-0.15, -0.1) is 0 Å². The van der Waals surface area contributed by atoms with E-state index < -0.39 is 10.0 Å². The molecule has 2 heterocycles. The summed E-state index contributed by atoms with van der Waals surface area (Å²) in [4.78, 5) is 2.57. The molecule has 1 aliphatic rings. The Morgan fingerprint density at radius 3 is 2.24 bits per heavy atom. The van der Waals surface area contributed by atoms with Gasteiger partial charge in [-0.3, -0.25) is 5.01 Å². The Morgan fingerprint density at radius 1 is 0.865 bits per heavy atom. The molecular weight excluding hydrogens is 480 g/mol. The van der Waals surface area contributed by atoms with Crippen LogP contribution in [0.25, 0.3) is 22.2 Å². The number of piperazine rings is 1. The number of aryl methyl sites for hydroxylation is 1. The Bertz CT molecular complexity index is 1480. The van der Waals surface area contributed by atoms with Crippen molar-refractivity contribution in [1.29, 1.82) is 0 Å². The third-order valence-corrected chi connectivity index (χ3v) is 8.76. The molecule has 0 saturated carbocycles. The summed E-state index contributed by atoms with van der Waals surface area (Å²) in [6.45, 7) is 5.75. The first-order chi connectivity index (χ1) is 18.0. The van der Waals surface area contributed by atoms with Crippen molar-refractivity contribution in [3.63, 3.8) is 0 Å². The standard InChI is InChI=1S/C30H34N4O2S/c1-3-4-10-24-15-17-26(18-16-24)37(35,36)34-29-14-9-8-13-27(29)28(30(34)25-11-6-5-7-12-25)23-31-33-21-19-32(2)20-22-33/h5-9,11-18,23H,3-4,10,19-22H2,1-2H3/b31-23+. The monoisotopic (exact) mass is 514 g/mol. The summed E-state index contributed by atoms with van der Waals surface area (Å²) in [6, 6.07) is 24.8. The number of fused-ring (bicyclic) bond motifs is 1. The quantitative estimate of drug-likeness (QED) is 0.293. The molecule has 0 radical (unpaired) electrons. The van der Waals surface area contributed by atoms with Crippen molar-refractivity contribution >= 4 is 27.1 Å². The van der Waals surface area contributed by atoms with Crippen LogP contribution in [0, 0.1) is 0 Å². The summed E-state index contributed by atoms with van der Waals surface area (Å²) in [7, 11) is -1.76. The molecule has 6 nitrogen and oxygen atoms in total. The van der Waals surface area contributed by atoms with Crippen LogP contribution in [0.4, 0.5) is 0 Å². The van der Waals surface area contributed by atoms with Crippen LogP contribution < -0.4 is 0 Å². The maximum absolute atomic E-state index is 14.2. The summed E-state index contributed by atoms with van der Waals surface area (Å²) >= 11 is 0. The average Bonchev–Trinajstić information content (AvgIpc) is 3.27. The Labute approximate surface area is 219 Å². The second-order valence-corrected chi connectivity index (χ2v) is 11.5. The number of hydrogen-bond donors (Lipinski definition) is 0. The topological polar surface area (TPSA) is 57.9 Å². The molecule has 4 aromatic rings. The van der Waals surface area contributed by atoms with E-state index in [0.29, 0.717) is 11.2 Å². The molecule has 0 spiro atoms. The van der Waals surface area contributed by atoms with Crippen molar-refractivity contribution in [2.75, 3.05) is 33.2 Å². The Kier molecular flexibility index (Phi) is 7.44. The molecule has 1 saturated heterocycles. The number of nitrogens with zero attached hydrogens (tertiary/aromatic N) is 4. The van der Waals surface area contributed by atoms with E-state index in [1.807, 2.05) is 72.9 Å². The van der Waals surface area contributed by atoms with Crippen molar-refractivity contribution in [3.05, 3.63) is 90.0 Å². The van der Waals surface area contributed by atoms with Crippen LogP contribution in [-0.2, 0) is 16.4 Å². The molecule has 0 bridgehead atoms. The molecule has 1 aliphatic heterocycles. The zero-order chi connectivity index (χ0) is 25.8. The summed E-state index contributed by atoms with van der Waals surface area (Å²) in [5.74, 6) is 0. The molecule has 1 fully saturated rings. The first-order valence-electron chi connectivity index (χ1n) is 13.0. The highest BCUT2D eigenvalue weighted by atomic mass is 32.2. The van der Waals surface area contributed by atoms with Crippen LogP contribution in [-0.4, -0.2) is 61.7 Å². The fraction of sp³-hybridized carbons (Fsp3) is 0.300. The molecule has 3 aromatic carbocycles. The van der Waals surface area contributed by atoms with Crippen LogP contribution in [0.2, 0.25) is 0 Å². The number of para-hydroxylation sites is 1. The van der Waals surface area contributed by atoms with Gasteiger partial charge in [-0.05, 0) is 49.2 Å². The zero-order valence-corrected chi connectivity index (χ0v) is 22.4. The van der Waals surface area contributed by atoms with Gasteiger partial charge in [0.2, 0.25) is 0 Å². The molecular formula is C30H34N4O2S. The van der Waals surface area contributed by atoms with Crippen LogP contribution in [0.15, 0.2) is 88.9 Å². The highest BCUT2D eigenvalue weighted by Crippen LogP contribution is 2.36. The number of benzene rings is 3. The van der Waals surface area contributed by atoms with E-state index in [-0.39, 0.29) is 4.90 Å². The molecule has 0 atom stereocenters. The number of aromatic nitrogens is 1. The lowest BCUT2D eigenvalue weighted by molar-refractivity contribution is 0.159. The van der Waals surface area contributed by atoms with Gasteiger partial charge in [0.25, 0.3) is 10.0 Å². The first-order valence-corrected chi connectivity index (χ1v) is 14.4. The summed E-state index contributed by atoms with van der Waals surface area (Å²) in [5, 5.41) is 7.73. The predicted octanol–water partition coefficient (Wildman–Crippen LogP) is 5.47. The lowest BCUT2D eigenvalue weighted by Crippen LogP contribution is -2.41. The maximum Gasteiger partial charge on any atom is 0.268 e. The Morgan fingerprint density at radius 2 is 1.54 bits per heavy atom. The number of unbranched alkanes of at least 4 members (excludes halogenated alkanes) is 1. The number of hydrogen-bond acceptors (Lipinski definition) is 5. The first kappa shape index (κ1) is 25.2. The second kappa shape index (κ2) is 10.9. The summed E-state index contributed by atoms with van der Waals surface area (Å²) in [6.07, 6.45) is 4.98. The normalized spacial score (nSPS) is 15.1. The minimum absolute atomic E-state index is 0.285. The van der Waals surface area contributed by atoms with Crippen LogP contribution >= 0.6 is 0 Å². The highest BCUT2D eigenvalue weighted by Gasteiger charge is 2.27. The molecule has 0 N–H and O–H groups in total. The van der Waals surface area contributed by atoms with Gasteiger partial charge in [-0.1, -0.05) is 74.0 Å². The van der Waals surface area contributed by atoms with Gasteiger partial charge in [-0.25, -0.2) is 12.4 Å². The molecule has 0 unspecified atom stereocenters. The number of hydrazone groups is 1. The van der Waals surface area contributed by atoms with E-state index >= 15 is 0 Å². The molecule has 7 heteroatoms. The second-order valence-electron chi connectivity index (χ2n) is 9.66. The van der Waals surface area contributed by atoms with Crippen molar-refractivity contribution in [3.8, 4) is 11.3 Å². The van der Waals surface area contributed by atoms with Crippen molar-refractivity contribution < 1.29 is 8.42 Å². The van der Waals surface area contributed by atoms with E-state index in [1.54, 1.807) is 12.1 Å².